The van der Waals surface area contributed by atoms with Crippen LogP contribution in [0.1, 0.15) is 38.1 Å². The van der Waals surface area contributed by atoms with E-state index in [9.17, 15) is 9.36 Å². The van der Waals surface area contributed by atoms with Gasteiger partial charge in [0.1, 0.15) is 0 Å². The molecule has 0 amide bonds. The molecule has 17 heavy (non-hydrogen) atoms. The van der Waals surface area contributed by atoms with Gasteiger partial charge >= 0.3 is 5.56 Å². The highest BCUT2D eigenvalue weighted by molar-refractivity contribution is 7.57. The van der Waals surface area contributed by atoms with E-state index in [0.29, 0.717) is 0 Å². The smallest absolute Gasteiger partial charge is 0.309 e. The van der Waals surface area contributed by atoms with Crippen molar-refractivity contribution in [3.63, 3.8) is 0 Å². The van der Waals surface area contributed by atoms with Gasteiger partial charge in [0.2, 0.25) is 13.1 Å². The van der Waals surface area contributed by atoms with Gasteiger partial charge in [-0.1, -0.05) is 19.3 Å². The molecule has 1 N–H and O–H groups in total. The number of hydrogen-bond donors (Lipinski definition) is 1. The summed E-state index contributed by atoms with van der Waals surface area (Å²) < 4.78 is 18.3. The van der Waals surface area contributed by atoms with Gasteiger partial charge in [0.05, 0.1) is 12.2 Å². The Morgan fingerprint density at radius 1 is 1.35 bits per heavy atom. The number of aromatic nitrogens is 2. The van der Waals surface area contributed by atoms with Gasteiger partial charge in [-0.15, -0.1) is 0 Å². The molecule has 1 heterocycles. The first-order chi connectivity index (χ1) is 7.97. The van der Waals surface area contributed by atoms with Gasteiger partial charge in [0, 0.05) is 13.3 Å². The first kappa shape index (κ1) is 12.5. The minimum atomic E-state index is -2.67. The van der Waals surface area contributed by atoms with Crippen LogP contribution in [-0.2, 0) is 4.57 Å². The van der Waals surface area contributed by atoms with Crippen LogP contribution in [0, 0.1) is 0 Å². The summed E-state index contributed by atoms with van der Waals surface area (Å²) in [7, 11) is -2.67. The normalized spacial score (nSPS) is 18.2. The van der Waals surface area contributed by atoms with E-state index in [-0.39, 0.29) is 17.4 Å². The largest absolute Gasteiger partial charge is 0.436 e. The van der Waals surface area contributed by atoms with Gasteiger partial charge in [-0.2, -0.15) is 0 Å². The summed E-state index contributed by atoms with van der Waals surface area (Å²) in [6.07, 6.45) is 7.12. The third-order valence-electron chi connectivity index (χ3n) is 3.02. The van der Waals surface area contributed by atoms with E-state index in [1.165, 1.54) is 25.9 Å². The fraction of sp³-hybridized carbons (Fsp3) is 0.727. The number of nitrogens with zero attached hydrogens (tertiary/aromatic N) is 1. The molecule has 0 saturated heterocycles. The lowest BCUT2D eigenvalue weighted by Crippen LogP contribution is -2.24. The van der Waals surface area contributed by atoms with Crippen molar-refractivity contribution in [1.82, 2.24) is 9.78 Å². The second-order valence-electron chi connectivity index (χ2n) is 4.95. The van der Waals surface area contributed by atoms with E-state index in [2.05, 4.69) is 5.10 Å². The Hall–Kier alpha value is -0.960. The zero-order chi connectivity index (χ0) is 12.5. The first-order valence-electron chi connectivity index (χ1n) is 6.02. The molecular formula is C11H19N2O3P. The SMILES string of the molecule is CP(C)(=O)Oc1c[nH]n(C2CCCCC2)c1=O. The van der Waals surface area contributed by atoms with Crippen LogP contribution in [0.2, 0.25) is 0 Å². The Morgan fingerprint density at radius 3 is 2.59 bits per heavy atom. The molecule has 0 unspecified atom stereocenters. The molecular weight excluding hydrogens is 239 g/mol. The summed E-state index contributed by atoms with van der Waals surface area (Å²) in [6, 6.07) is 0.238. The maximum Gasteiger partial charge on any atom is 0.309 e. The van der Waals surface area contributed by atoms with Crippen molar-refractivity contribution in [3.05, 3.63) is 16.6 Å². The molecule has 1 saturated carbocycles. The maximum atomic E-state index is 12.0. The highest BCUT2D eigenvalue weighted by Gasteiger charge is 2.21. The molecule has 5 nitrogen and oxygen atoms in total. The fourth-order valence-corrected chi connectivity index (χ4v) is 2.88. The zero-order valence-electron chi connectivity index (χ0n) is 10.3. The molecule has 2 rings (SSSR count). The van der Waals surface area contributed by atoms with Crippen LogP contribution in [-0.4, -0.2) is 23.1 Å². The minimum Gasteiger partial charge on any atom is -0.436 e. The number of rotatable bonds is 3. The quantitative estimate of drug-likeness (QED) is 0.847. The number of hydrogen-bond acceptors (Lipinski definition) is 3. The summed E-state index contributed by atoms with van der Waals surface area (Å²) >= 11 is 0. The van der Waals surface area contributed by atoms with Crippen LogP contribution in [0.3, 0.4) is 0 Å². The van der Waals surface area contributed by atoms with Gasteiger partial charge in [-0.3, -0.25) is 14.5 Å². The van der Waals surface area contributed by atoms with Gasteiger partial charge in [-0.05, 0) is 12.8 Å². The topological polar surface area (TPSA) is 64.1 Å². The van der Waals surface area contributed by atoms with Gasteiger partial charge in [0.15, 0.2) is 0 Å². The van der Waals surface area contributed by atoms with Gasteiger partial charge in [-0.25, -0.2) is 4.68 Å². The van der Waals surface area contributed by atoms with Crippen molar-refractivity contribution in [3.8, 4) is 5.75 Å². The summed E-state index contributed by atoms with van der Waals surface area (Å²) in [5, 5.41) is 2.92. The lowest BCUT2D eigenvalue weighted by Gasteiger charge is -2.21. The van der Waals surface area contributed by atoms with Crippen LogP contribution in [0.4, 0.5) is 0 Å². The second kappa shape index (κ2) is 4.73. The molecule has 1 aliphatic rings. The molecule has 1 fully saturated rings. The maximum absolute atomic E-state index is 12.0. The summed E-state index contributed by atoms with van der Waals surface area (Å²) in [4.78, 5) is 12.0. The van der Waals surface area contributed by atoms with E-state index in [4.69, 9.17) is 4.52 Å². The summed E-state index contributed by atoms with van der Waals surface area (Å²) in [5.41, 5.74) is -0.194. The number of nitrogens with one attached hydrogen (secondary N) is 1. The van der Waals surface area contributed by atoms with Crippen molar-refractivity contribution >= 4 is 7.37 Å². The third kappa shape index (κ3) is 3.03. The molecule has 6 heteroatoms. The summed E-state index contributed by atoms with van der Waals surface area (Å²) in [6.45, 7) is 3.01. The highest BCUT2D eigenvalue weighted by atomic mass is 31.2. The summed E-state index contributed by atoms with van der Waals surface area (Å²) in [5.74, 6) is 0.170. The van der Waals surface area contributed by atoms with Crippen molar-refractivity contribution in [1.29, 1.82) is 0 Å². The number of H-pyrrole nitrogens is 1. The van der Waals surface area contributed by atoms with Crippen molar-refractivity contribution < 1.29 is 9.09 Å². The van der Waals surface area contributed by atoms with Crippen molar-refractivity contribution in [2.45, 2.75) is 38.1 Å². The lowest BCUT2D eigenvalue weighted by molar-refractivity contribution is 0.322. The van der Waals surface area contributed by atoms with Crippen LogP contribution in [0.15, 0.2) is 11.0 Å². The molecule has 0 aromatic carbocycles. The monoisotopic (exact) mass is 258 g/mol. The van der Waals surface area contributed by atoms with E-state index in [1.807, 2.05) is 0 Å². The predicted molar refractivity (Wildman–Crippen MR) is 67.3 cm³/mol. The second-order valence-corrected chi connectivity index (χ2v) is 7.63. The van der Waals surface area contributed by atoms with Crippen molar-refractivity contribution in [2.24, 2.45) is 0 Å². The molecule has 1 aromatic heterocycles. The van der Waals surface area contributed by atoms with Crippen molar-refractivity contribution in [2.75, 3.05) is 13.3 Å². The lowest BCUT2D eigenvalue weighted by atomic mass is 9.96. The van der Waals surface area contributed by atoms with Gasteiger partial charge < -0.3 is 4.52 Å². The van der Waals surface area contributed by atoms with Crippen LogP contribution in [0.25, 0.3) is 0 Å². The Bertz CT molecular complexity index is 479. The predicted octanol–water partition coefficient (Wildman–Crippen LogP) is 2.60. The molecule has 0 bridgehead atoms. The van der Waals surface area contributed by atoms with E-state index < -0.39 is 7.37 Å². The molecule has 0 atom stereocenters. The Balaban J connectivity index is 2.20. The average Bonchev–Trinajstić information content (AvgIpc) is 2.60. The minimum absolute atomic E-state index is 0.170. The van der Waals surface area contributed by atoms with Crippen LogP contribution in [0.5, 0.6) is 5.75 Å². The Kier molecular flexibility index (Phi) is 3.48. The highest BCUT2D eigenvalue weighted by Crippen LogP contribution is 2.37. The molecule has 1 aliphatic carbocycles. The standard InChI is InChI=1S/C11H19N2O3P/c1-17(2,15)16-10-8-12-13(11(10)14)9-6-4-3-5-7-9/h8-9,12H,3-7H2,1-2H3. The van der Waals surface area contributed by atoms with E-state index in [1.54, 1.807) is 4.68 Å². The first-order valence-corrected chi connectivity index (χ1v) is 8.54. The molecule has 96 valence electrons. The van der Waals surface area contributed by atoms with Gasteiger partial charge in [0.25, 0.3) is 0 Å². The van der Waals surface area contributed by atoms with E-state index >= 15 is 0 Å². The third-order valence-corrected chi connectivity index (χ3v) is 3.66. The Labute approximate surface area is 101 Å². The fourth-order valence-electron chi connectivity index (χ4n) is 2.28. The van der Waals surface area contributed by atoms with Crippen LogP contribution >= 0.6 is 7.37 Å². The molecule has 1 aromatic rings. The average molecular weight is 258 g/mol. The Morgan fingerprint density at radius 2 is 2.00 bits per heavy atom. The molecule has 0 radical (unpaired) electrons. The molecule has 0 aliphatic heterocycles. The zero-order valence-corrected chi connectivity index (χ0v) is 11.2. The number of aromatic amines is 1. The molecule has 0 spiro atoms. The van der Waals surface area contributed by atoms with Crippen LogP contribution < -0.4 is 10.1 Å². The van der Waals surface area contributed by atoms with E-state index in [0.717, 1.165) is 25.7 Å².